The smallest absolute Gasteiger partial charge is 0.302 e. The van der Waals surface area contributed by atoms with Crippen molar-refractivity contribution in [2.75, 3.05) is 11.9 Å². The summed E-state index contributed by atoms with van der Waals surface area (Å²) in [5.41, 5.74) is 0. The fourth-order valence-electron chi connectivity index (χ4n) is 0.598. The van der Waals surface area contributed by atoms with Gasteiger partial charge in [0.15, 0.2) is 0 Å². The van der Waals surface area contributed by atoms with Gasteiger partial charge in [-0.1, -0.05) is 15.9 Å². The SMILES string of the molecule is CC(=O)OCCCC(F)CBr. The molecular formula is C7H12BrFO2. The van der Waals surface area contributed by atoms with Gasteiger partial charge < -0.3 is 4.74 Å². The van der Waals surface area contributed by atoms with E-state index < -0.39 is 6.17 Å². The van der Waals surface area contributed by atoms with Gasteiger partial charge >= 0.3 is 5.97 Å². The molecule has 0 heterocycles. The van der Waals surface area contributed by atoms with E-state index in [1.54, 1.807) is 0 Å². The molecule has 0 aromatic heterocycles. The van der Waals surface area contributed by atoms with Crippen LogP contribution in [0.2, 0.25) is 0 Å². The first kappa shape index (κ1) is 10.9. The molecule has 0 spiro atoms. The van der Waals surface area contributed by atoms with E-state index in [4.69, 9.17) is 0 Å². The molecule has 66 valence electrons. The summed E-state index contributed by atoms with van der Waals surface area (Å²) in [6, 6.07) is 0. The van der Waals surface area contributed by atoms with Crippen molar-refractivity contribution in [3.05, 3.63) is 0 Å². The zero-order chi connectivity index (χ0) is 8.69. The number of alkyl halides is 2. The van der Waals surface area contributed by atoms with Gasteiger partial charge in [0.1, 0.15) is 6.17 Å². The van der Waals surface area contributed by atoms with E-state index in [1.807, 2.05) is 0 Å². The van der Waals surface area contributed by atoms with Gasteiger partial charge in [0.25, 0.3) is 0 Å². The molecule has 0 aliphatic carbocycles. The molecule has 4 heteroatoms. The lowest BCUT2D eigenvalue weighted by molar-refractivity contribution is -0.141. The van der Waals surface area contributed by atoms with Crippen LogP contribution in [-0.4, -0.2) is 24.1 Å². The van der Waals surface area contributed by atoms with Crippen LogP contribution in [0.25, 0.3) is 0 Å². The first-order chi connectivity index (χ1) is 5.16. The molecule has 0 aliphatic heterocycles. The summed E-state index contributed by atoms with van der Waals surface area (Å²) in [6.45, 7) is 1.67. The van der Waals surface area contributed by atoms with Gasteiger partial charge in [-0.3, -0.25) is 4.79 Å². The lowest BCUT2D eigenvalue weighted by atomic mass is 10.2. The zero-order valence-corrected chi connectivity index (χ0v) is 8.06. The maximum absolute atomic E-state index is 12.5. The van der Waals surface area contributed by atoms with Gasteiger partial charge in [0, 0.05) is 12.3 Å². The second kappa shape index (κ2) is 6.58. The topological polar surface area (TPSA) is 26.3 Å². The van der Waals surface area contributed by atoms with E-state index in [0.29, 0.717) is 24.8 Å². The third kappa shape index (κ3) is 7.78. The average Bonchev–Trinajstić information content (AvgIpc) is 1.97. The third-order valence-electron chi connectivity index (χ3n) is 1.13. The largest absolute Gasteiger partial charge is 0.466 e. The Kier molecular flexibility index (Phi) is 6.51. The van der Waals surface area contributed by atoms with Gasteiger partial charge in [-0.2, -0.15) is 0 Å². The number of ether oxygens (including phenoxy) is 1. The van der Waals surface area contributed by atoms with Crippen molar-refractivity contribution in [3.8, 4) is 0 Å². The molecule has 0 amide bonds. The van der Waals surface area contributed by atoms with Crippen molar-refractivity contribution in [1.29, 1.82) is 0 Å². The van der Waals surface area contributed by atoms with Crippen LogP contribution in [0.15, 0.2) is 0 Å². The molecule has 0 aliphatic rings. The predicted octanol–water partition coefficient (Wildman–Crippen LogP) is 2.06. The molecule has 0 saturated heterocycles. The Hall–Kier alpha value is -0.120. The van der Waals surface area contributed by atoms with Crippen LogP contribution in [0.3, 0.4) is 0 Å². The summed E-state index contributed by atoms with van der Waals surface area (Å²) < 4.78 is 17.1. The highest BCUT2D eigenvalue weighted by molar-refractivity contribution is 9.09. The normalized spacial score (nSPS) is 12.6. The van der Waals surface area contributed by atoms with Crippen molar-refractivity contribution < 1.29 is 13.9 Å². The molecule has 1 unspecified atom stereocenters. The highest BCUT2D eigenvalue weighted by Gasteiger charge is 2.03. The highest BCUT2D eigenvalue weighted by Crippen LogP contribution is 2.04. The number of carbonyl (C=O) groups excluding carboxylic acids is 1. The Morgan fingerprint density at radius 3 is 2.82 bits per heavy atom. The summed E-state index contributed by atoms with van der Waals surface area (Å²) >= 11 is 3.01. The van der Waals surface area contributed by atoms with E-state index >= 15 is 0 Å². The van der Waals surface area contributed by atoms with Crippen LogP contribution < -0.4 is 0 Å². The Labute approximate surface area is 74.2 Å². The molecule has 11 heavy (non-hydrogen) atoms. The molecule has 0 rings (SSSR count). The monoisotopic (exact) mass is 226 g/mol. The molecule has 0 bridgehead atoms. The summed E-state index contributed by atoms with van der Waals surface area (Å²) in [5.74, 6) is -0.306. The average molecular weight is 227 g/mol. The second-order valence-corrected chi connectivity index (χ2v) is 2.88. The van der Waals surface area contributed by atoms with Crippen LogP contribution in [0.5, 0.6) is 0 Å². The lowest BCUT2D eigenvalue weighted by Gasteiger charge is -2.03. The quantitative estimate of drug-likeness (QED) is 0.408. The molecule has 2 nitrogen and oxygen atoms in total. The van der Waals surface area contributed by atoms with E-state index in [2.05, 4.69) is 20.7 Å². The Bertz CT molecular complexity index is 119. The van der Waals surface area contributed by atoms with Gasteiger partial charge in [-0.15, -0.1) is 0 Å². The van der Waals surface area contributed by atoms with Gasteiger partial charge in [0.2, 0.25) is 0 Å². The second-order valence-electron chi connectivity index (χ2n) is 2.23. The van der Waals surface area contributed by atoms with Crippen molar-refractivity contribution in [2.24, 2.45) is 0 Å². The number of rotatable bonds is 5. The number of hydrogen-bond donors (Lipinski definition) is 0. The van der Waals surface area contributed by atoms with Crippen molar-refractivity contribution in [1.82, 2.24) is 0 Å². The first-order valence-corrected chi connectivity index (χ1v) is 4.62. The van der Waals surface area contributed by atoms with E-state index in [9.17, 15) is 9.18 Å². The fraction of sp³-hybridized carbons (Fsp3) is 0.857. The van der Waals surface area contributed by atoms with Gasteiger partial charge in [-0.05, 0) is 12.8 Å². The van der Waals surface area contributed by atoms with E-state index in [-0.39, 0.29) is 5.97 Å². The molecule has 0 fully saturated rings. The maximum atomic E-state index is 12.5. The Morgan fingerprint density at radius 1 is 1.73 bits per heavy atom. The molecule has 0 aromatic carbocycles. The molecular weight excluding hydrogens is 215 g/mol. The Morgan fingerprint density at radius 2 is 2.36 bits per heavy atom. The molecule has 0 saturated carbocycles. The van der Waals surface area contributed by atoms with Gasteiger partial charge in [0.05, 0.1) is 6.61 Å². The summed E-state index contributed by atoms with van der Waals surface area (Å²) in [5, 5.41) is 0.354. The molecule has 0 N–H and O–H groups in total. The lowest BCUT2D eigenvalue weighted by Crippen LogP contribution is -2.05. The van der Waals surface area contributed by atoms with E-state index in [1.165, 1.54) is 6.92 Å². The van der Waals surface area contributed by atoms with Crippen LogP contribution >= 0.6 is 15.9 Å². The summed E-state index contributed by atoms with van der Waals surface area (Å²) in [6.07, 6.45) is 0.204. The maximum Gasteiger partial charge on any atom is 0.302 e. The minimum atomic E-state index is -0.828. The number of halogens is 2. The van der Waals surface area contributed by atoms with Crippen LogP contribution in [-0.2, 0) is 9.53 Å². The minimum Gasteiger partial charge on any atom is -0.466 e. The fourth-order valence-corrected chi connectivity index (χ4v) is 0.922. The summed E-state index contributed by atoms with van der Waals surface area (Å²) in [7, 11) is 0. The van der Waals surface area contributed by atoms with Gasteiger partial charge in [-0.25, -0.2) is 4.39 Å². The molecule has 1 atom stereocenters. The number of hydrogen-bond acceptors (Lipinski definition) is 2. The summed E-state index contributed by atoms with van der Waals surface area (Å²) in [4.78, 5) is 10.2. The third-order valence-corrected chi connectivity index (χ3v) is 1.84. The Balaban J connectivity index is 3.08. The van der Waals surface area contributed by atoms with E-state index in [0.717, 1.165) is 0 Å². The predicted molar refractivity (Wildman–Crippen MR) is 44.6 cm³/mol. The van der Waals surface area contributed by atoms with Crippen LogP contribution in [0.1, 0.15) is 19.8 Å². The van der Waals surface area contributed by atoms with Crippen LogP contribution in [0, 0.1) is 0 Å². The van der Waals surface area contributed by atoms with Crippen molar-refractivity contribution >= 4 is 21.9 Å². The first-order valence-electron chi connectivity index (χ1n) is 3.50. The number of esters is 1. The minimum absolute atomic E-state index is 0.306. The molecule has 0 aromatic rings. The number of carbonyl (C=O) groups is 1. The van der Waals surface area contributed by atoms with Crippen molar-refractivity contribution in [3.63, 3.8) is 0 Å². The standard InChI is InChI=1S/C7H12BrFO2/c1-6(10)11-4-2-3-7(9)5-8/h7H,2-5H2,1H3. The highest BCUT2D eigenvalue weighted by atomic mass is 79.9. The van der Waals surface area contributed by atoms with Crippen LogP contribution in [0.4, 0.5) is 4.39 Å². The molecule has 0 radical (unpaired) electrons. The van der Waals surface area contributed by atoms with Crippen molar-refractivity contribution in [2.45, 2.75) is 25.9 Å². The zero-order valence-electron chi connectivity index (χ0n) is 6.48.